The van der Waals surface area contributed by atoms with Crippen molar-refractivity contribution in [1.82, 2.24) is 19.7 Å². The van der Waals surface area contributed by atoms with Gasteiger partial charge in [-0.05, 0) is 13.1 Å². The van der Waals surface area contributed by atoms with Crippen LogP contribution in [-0.2, 0) is 7.05 Å². The number of hydrogen-bond donors (Lipinski definition) is 2. The molecule has 0 aromatic carbocycles. The minimum absolute atomic E-state index is 0.176. The quantitative estimate of drug-likeness (QED) is 0.802. The summed E-state index contributed by atoms with van der Waals surface area (Å²) in [7, 11) is 1.79. The van der Waals surface area contributed by atoms with Gasteiger partial charge in [0, 0.05) is 26.3 Å². The highest BCUT2D eigenvalue weighted by molar-refractivity contribution is 6.03. The van der Waals surface area contributed by atoms with Crippen molar-refractivity contribution in [1.29, 1.82) is 0 Å². The predicted octanol–water partition coefficient (Wildman–Crippen LogP) is 1.42. The molecule has 2 N–H and O–H groups in total. The van der Waals surface area contributed by atoms with E-state index in [2.05, 4.69) is 34.1 Å². The maximum Gasteiger partial charge on any atom is 0.339 e. The smallest absolute Gasteiger partial charge is 0.339 e. The zero-order valence-electron chi connectivity index (χ0n) is 12.6. The first-order valence-corrected chi connectivity index (χ1v) is 7.08. The van der Waals surface area contributed by atoms with E-state index >= 15 is 0 Å². The third-order valence-electron chi connectivity index (χ3n) is 3.62. The van der Waals surface area contributed by atoms with Crippen molar-refractivity contribution < 1.29 is 9.90 Å². The summed E-state index contributed by atoms with van der Waals surface area (Å²) in [6.45, 7) is 7.70. The molecular weight excluding hydrogens is 270 g/mol. The normalized spacial score (nSPS) is 11.2. The Hall–Kier alpha value is -2.15. The van der Waals surface area contributed by atoms with E-state index in [0.29, 0.717) is 17.9 Å². The first-order valence-electron chi connectivity index (χ1n) is 7.08. The second-order valence-electron chi connectivity index (χ2n) is 4.81. The molecule has 0 aliphatic heterocycles. The summed E-state index contributed by atoms with van der Waals surface area (Å²) in [5.41, 5.74) is 1.44. The van der Waals surface area contributed by atoms with E-state index in [1.54, 1.807) is 17.9 Å². The molecule has 7 heteroatoms. The highest BCUT2D eigenvalue weighted by Gasteiger charge is 2.16. The maximum absolute atomic E-state index is 11.4. The van der Waals surface area contributed by atoms with Crippen LogP contribution in [0.2, 0.25) is 0 Å². The number of hydrogen-bond acceptors (Lipinski definition) is 5. The van der Waals surface area contributed by atoms with Gasteiger partial charge in [-0.25, -0.2) is 9.78 Å². The van der Waals surface area contributed by atoms with E-state index in [1.165, 1.54) is 6.20 Å². The highest BCUT2D eigenvalue weighted by atomic mass is 16.4. The van der Waals surface area contributed by atoms with Gasteiger partial charge in [0.2, 0.25) is 0 Å². The van der Waals surface area contributed by atoms with Gasteiger partial charge >= 0.3 is 5.97 Å². The second-order valence-corrected chi connectivity index (χ2v) is 4.81. The standard InChI is InChI=1S/C14H21N5O2/c1-4-19(5-2)7-6-15-12-10-9-17-18(3)13(10)16-8-11(12)14(20)21/h8-9H,4-7H2,1-3H3,(H,15,16)(H,20,21). The Bertz CT molecular complexity index is 634. The van der Waals surface area contributed by atoms with Gasteiger partial charge in [0.05, 0.1) is 17.3 Å². The molecule has 0 saturated carbocycles. The molecule has 0 atom stereocenters. The van der Waals surface area contributed by atoms with Crippen LogP contribution in [0.4, 0.5) is 5.69 Å². The molecule has 0 radical (unpaired) electrons. The van der Waals surface area contributed by atoms with Crippen LogP contribution in [0.15, 0.2) is 12.4 Å². The Kier molecular flexibility index (Phi) is 4.74. The van der Waals surface area contributed by atoms with Gasteiger partial charge in [0.25, 0.3) is 0 Å². The van der Waals surface area contributed by atoms with Gasteiger partial charge in [-0.2, -0.15) is 5.10 Å². The Morgan fingerprint density at radius 2 is 2.10 bits per heavy atom. The zero-order valence-corrected chi connectivity index (χ0v) is 12.6. The summed E-state index contributed by atoms with van der Waals surface area (Å²) in [5.74, 6) is -0.987. The molecule has 0 fully saturated rings. The molecule has 7 nitrogen and oxygen atoms in total. The molecule has 21 heavy (non-hydrogen) atoms. The molecule has 0 bridgehead atoms. The molecule has 0 unspecified atom stereocenters. The third kappa shape index (κ3) is 3.13. The average Bonchev–Trinajstić information content (AvgIpc) is 2.85. The largest absolute Gasteiger partial charge is 0.478 e. The van der Waals surface area contributed by atoms with Crippen LogP contribution in [0.5, 0.6) is 0 Å². The summed E-state index contributed by atoms with van der Waals surface area (Å²) in [6, 6.07) is 0. The maximum atomic E-state index is 11.4. The number of likely N-dealkylation sites (N-methyl/N-ethyl adjacent to an activating group) is 1. The molecule has 114 valence electrons. The van der Waals surface area contributed by atoms with E-state index < -0.39 is 5.97 Å². The molecular formula is C14H21N5O2. The lowest BCUT2D eigenvalue weighted by molar-refractivity contribution is 0.0697. The number of pyridine rings is 1. The minimum Gasteiger partial charge on any atom is -0.478 e. The molecule has 2 aromatic rings. The van der Waals surface area contributed by atoms with Crippen molar-refractivity contribution in [2.45, 2.75) is 13.8 Å². The summed E-state index contributed by atoms with van der Waals surface area (Å²) < 4.78 is 1.64. The third-order valence-corrected chi connectivity index (χ3v) is 3.62. The number of nitrogens with zero attached hydrogens (tertiary/aromatic N) is 4. The summed E-state index contributed by atoms with van der Waals surface area (Å²) >= 11 is 0. The van der Waals surface area contributed by atoms with Crippen molar-refractivity contribution >= 4 is 22.7 Å². The van der Waals surface area contributed by atoms with Crippen LogP contribution >= 0.6 is 0 Å². The van der Waals surface area contributed by atoms with Crippen molar-refractivity contribution in [3.8, 4) is 0 Å². The number of aromatic carboxylic acids is 1. The zero-order chi connectivity index (χ0) is 15.4. The summed E-state index contributed by atoms with van der Waals surface area (Å²) in [6.07, 6.45) is 3.03. The highest BCUT2D eigenvalue weighted by Crippen LogP contribution is 2.25. The van der Waals surface area contributed by atoms with Crippen LogP contribution in [0.3, 0.4) is 0 Å². The summed E-state index contributed by atoms with van der Waals surface area (Å²) in [4.78, 5) is 17.8. The van der Waals surface area contributed by atoms with E-state index in [1.807, 2.05) is 0 Å². The van der Waals surface area contributed by atoms with Gasteiger partial charge in [0.15, 0.2) is 5.65 Å². The minimum atomic E-state index is -0.987. The van der Waals surface area contributed by atoms with Crippen LogP contribution in [-0.4, -0.2) is 56.9 Å². The lowest BCUT2D eigenvalue weighted by Crippen LogP contribution is -2.29. The monoisotopic (exact) mass is 291 g/mol. The van der Waals surface area contributed by atoms with Crippen LogP contribution in [0.1, 0.15) is 24.2 Å². The average molecular weight is 291 g/mol. The lowest BCUT2D eigenvalue weighted by Gasteiger charge is -2.19. The van der Waals surface area contributed by atoms with Crippen molar-refractivity contribution in [3.63, 3.8) is 0 Å². The van der Waals surface area contributed by atoms with Crippen molar-refractivity contribution in [2.24, 2.45) is 7.05 Å². The van der Waals surface area contributed by atoms with E-state index in [-0.39, 0.29) is 5.56 Å². The number of carboxylic acid groups (broad SMARTS) is 1. The summed E-state index contributed by atoms with van der Waals surface area (Å²) in [5, 5.41) is 17.4. The Morgan fingerprint density at radius 1 is 1.38 bits per heavy atom. The van der Waals surface area contributed by atoms with Crippen molar-refractivity contribution in [2.75, 3.05) is 31.5 Å². The van der Waals surface area contributed by atoms with Crippen LogP contribution in [0, 0.1) is 0 Å². The Morgan fingerprint density at radius 3 is 2.71 bits per heavy atom. The van der Waals surface area contributed by atoms with E-state index in [0.717, 1.165) is 25.0 Å². The fraction of sp³-hybridized carbons (Fsp3) is 0.500. The molecule has 2 heterocycles. The number of anilines is 1. The molecule has 2 rings (SSSR count). The lowest BCUT2D eigenvalue weighted by atomic mass is 10.2. The van der Waals surface area contributed by atoms with Crippen LogP contribution in [0.25, 0.3) is 11.0 Å². The number of nitrogens with one attached hydrogen (secondary N) is 1. The van der Waals surface area contributed by atoms with Crippen LogP contribution < -0.4 is 5.32 Å². The fourth-order valence-corrected chi connectivity index (χ4v) is 2.33. The number of aryl methyl sites for hydroxylation is 1. The number of carbonyl (C=O) groups is 1. The molecule has 0 aliphatic carbocycles. The first kappa shape index (κ1) is 15.2. The van der Waals surface area contributed by atoms with Gasteiger partial charge in [0.1, 0.15) is 5.56 Å². The van der Waals surface area contributed by atoms with Gasteiger partial charge in [-0.1, -0.05) is 13.8 Å². The second kappa shape index (κ2) is 6.53. The molecule has 0 aliphatic rings. The Labute approximate surface area is 123 Å². The van der Waals surface area contributed by atoms with Gasteiger partial charge < -0.3 is 15.3 Å². The number of carboxylic acids is 1. The van der Waals surface area contributed by atoms with E-state index in [9.17, 15) is 9.90 Å². The molecule has 0 saturated heterocycles. The topological polar surface area (TPSA) is 83.3 Å². The number of fused-ring (bicyclic) bond motifs is 1. The van der Waals surface area contributed by atoms with Crippen molar-refractivity contribution in [3.05, 3.63) is 18.0 Å². The van der Waals surface area contributed by atoms with Gasteiger partial charge in [-0.3, -0.25) is 4.68 Å². The number of aromatic nitrogens is 3. The fourth-order valence-electron chi connectivity index (χ4n) is 2.33. The van der Waals surface area contributed by atoms with Gasteiger partial charge in [-0.15, -0.1) is 0 Å². The Balaban J connectivity index is 2.27. The van der Waals surface area contributed by atoms with E-state index in [4.69, 9.17) is 0 Å². The molecule has 0 spiro atoms. The first-order chi connectivity index (χ1) is 10.1. The predicted molar refractivity (Wildman–Crippen MR) is 81.7 cm³/mol. The SMILES string of the molecule is CCN(CC)CCNc1c(C(=O)O)cnc2c1cnn2C. The molecule has 0 amide bonds. The number of rotatable bonds is 7. The molecule has 2 aromatic heterocycles.